The first-order valence-corrected chi connectivity index (χ1v) is 11.4. The summed E-state index contributed by atoms with van der Waals surface area (Å²) in [5.74, 6) is 0.548. The fourth-order valence-corrected chi connectivity index (χ4v) is 4.46. The zero-order chi connectivity index (χ0) is 21.6. The van der Waals surface area contributed by atoms with Crippen LogP contribution in [0.25, 0.3) is 0 Å². The van der Waals surface area contributed by atoms with Crippen LogP contribution in [-0.2, 0) is 23.1 Å². The number of ether oxygens (including phenoxy) is 1. The molecule has 1 fully saturated rings. The molecule has 9 heteroatoms. The van der Waals surface area contributed by atoms with E-state index in [9.17, 15) is 13.2 Å². The maximum atomic E-state index is 12.5. The number of urea groups is 1. The number of pyridine rings is 1. The number of nitrogens with zero attached hydrogens (tertiary/aromatic N) is 2. The Morgan fingerprint density at radius 1 is 1.07 bits per heavy atom. The van der Waals surface area contributed by atoms with Gasteiger partial charge in [-0.2, -0.15) is 0 Å². The summed E-state index contributed by atoms with van der Waals surface area (Å²) >= 11 is 0. The second-order valence-corrected chi connectivity index (χ2v) is 9.54. The molecule has 0 spiro atoms. The molecule has 162 valence electrons. The molecule has 1 aliphatic rings. The summed E-state index contributed by atoms with van der Waals surface area (Å²) < 4.78 is 32.1. The SMILES string of the molecule is CN(C)S(=O)(=O)c1ccccc1CNC(=O)NCc1cccnc1OC1CCCC1. The molecule has 1 aromatic carbocycles. The van der Waals surface area contributed by atoms with Crippen LogP contribution in [0, 0.1) is 0 Å². The Morgan fingerprint density at radius 2 is 1.70 bits per heavy atom. The van der Waals surface area contributed by atoms with Crippen LogP contribution in [0.5, 0.6) is 5.88 Å². The zero-order valence-corrected chi connectivity index (χ0v) is 18.1. The summed E-state index contributed by atoms with van der Waals surface area (Å²) in [5.41, 5.74) is 1.32. The van der Waals surface area contributed by atoms with E-state index in [1.54, 1.807) is 30.5 Å². The molecule has 0 aliphatic heterocycles. The quantitative estimate of drug-likeness (QED) is 0.668. The molecule has 0 saturated heterocycles. The molecule has 0 radical (unpaired) electrons. The normalized spacial score (nSPS) is 14.6. The molecule has 1 aromatic heterocycles. The van der Waals surface area contributed by atoms with Crippen LogP contribution >= 0.6 is 0 Å². The van der Waals surface area contributed by atoms with Gasteiger partial charge in [0, 0.05) is 38.9 Å². The van der Waals surface area contributed by atoms with Gasteiger partial charge in [-0.1, -0.05) is 24.3 Å². The molecule has 1 saturated carbocycles. The first kappa shape index (κ1) is 22.0. The van der Waals surface area contributed by atoms with Crippen LogP contribution in [-0.4, -0.2) is 43.9 Å². The summed E-state index contributed by atoms with van der Waals surface area (Å²) in [6.07, 6.45) is 6.24. The average molecular weight is 433 g/mol. The van der Waals surface area contributed by atoms with Crippen LogP contribution in [0.1, 0.15) is 36.8 Å². The van der Waals surface area contributed by atoms with Crippen molar-refractivity contribution >= 4 is 16.1 Å². The molecule has 8 nitrogen and oxygen atoms in total. The minimum atomic E-state index is -3.59. The minimum absolute atomic E-state index is 0.0908. The van der Waals surface area contributed by atoms with Gasteiger partial charge in [0.15, 0.2) is 0 Å². The van der Waals surface area contributed by atoms with Gasteiger partial charge < -0.3 is 15.4 Å². The van der Waals surface area contributed by atoms with Crippen molar-refractivity contribution in [1.82, 2.24) is 19.9 Å². The Balaban J connectivity index is 1.58. The van der Waals surface area contributed by atoms with E-state index in [0.29, 0.717) is 11.4 Å². The molecular weight excluding hydrogens is 404 g/mol. The van der Waals surface area contributed by atoms with E-state index in [1.165, 1.54) is 33.0 Å². The molecule has 1 heterocycles. The fourth-order valence-electron chi connectivity index (χ4n) is 3.34. The molecule has 3 rings (SSSR count). The van der Waals surface area contributed by atoms with Gasteiger partial charge in [0.2, 0.25) is 15.9 Å². The number of aromatic nitrogens is 1. The van der Waals surface area contributed by atoms with Crippen molar-refractivity contribution < 1.29 is 17.9 Å². The van der Waals surface area contributed by atoms with Crippen LogP contribution in [0.2, 0.25) is 0 Å². The van der Waals surface area contributed by atoms with Gasteiger partial charge in [-0.05, 0) is 43.4 Å². The third-order valence-corrected chi connectivity index (χ3v) is 6.96. The van der Waals surface area contributed by atoms with E-state index in [4.69, 9.17) is 4.74 Å². The lowest BCUT2D eigenvalue weighted by Gasteiger charge is -2.16. The van der Waals surface area contributed by atoms with Gasteiger partial charge in [-0.25, -0.2) is 22.5 Å². The van der Waals surface area contributed by atoms with E-state index in [-0.39, 0.29) is 24.1 Å². The number of amides is 2. The molecular formula is C21H28N4O4S. The Kier molecular flexibility index (Phi) is 7.28. The maximum Gasteiger partial charge on any atom is 0.315 e. The maximum absolute atomic E-state index is 12.5. The second-order valence-electron chi connectivity index (χ2n) is 7.42. The largest absolute Gasteiger partial charge is 0.474 e. The van der Waals surface area contributed by atoms with Crippen molar-refractivity contribution in [3.05, 3.63) is 53.7 Å². The summed E-state index contributed by atoms with van der Waals surface area (Å²) in [6, 6.07) is 9.90. The molecule has 30 heavy (non-hydrogen) atoms. The van der Waals surface area contributed by atoms with E-state index < -0.39 is 16.1 Å². The third-order valence-electron chi connectivity index (χ3n) is 5.04. The predicted molar refractivity (Wildman–Crippen MR) is 114 cm³/mol. The van der Waals surface area contributed by atoms with Gasteiger partial charge in [0.05, 0.1) is 4.90 Å². The summed E-state index contributed by atoms with van der Waals surface area (Å²) in [6.45, 7) is 0.354. The van der Waals surface area contributed by atoms with E-state index in [0.717, 1.165) is 22.7 Å². The van der Waals surface area contributed by atoms with Gasteiger partial charge >= 0.3 is 6.03 Å². The number of hydrogen-bond donors (Lipinski definition) is 2. The standard InChI is InChI=1S/C21H28N4O4S/c1-25(2)30(27,28)19-12-6-3-8-16(19)14-23-21(26)24-15-17-9-7-13-22-20(17)29-18-10-4-5-11-18/h3,6-9,12-13,18H,4-5,10-11,14-15H2,1-2H3,(H2,23,24,26). The number of sulfonamides is 1. The molecule has 0 bridgehead atoms. The van der Waals surface area contributed by atoms with Gasteiger partial charge in [-0.15, -0.1) is 0 Å². The first-order valence-electron chi connectivity index (χ1n) is 10.0. The van der Waals surface area contributed by atoms with Crippen LogP contribution in [0.15, 0.2) is 47.5 Å². The van der Waals surface area contributed by atoms with Crippen molar-refractivity contribution in [2.45, 2.75) is 49.8 Å². The van der Waals surface area contributed by atoms with Crippen LogP contribution in [0.4, 0.5) is 4.79 Å². The third kappa shape index (κ3) is 5.48. The second kappa shape index (κ2) is 9.90. The number of benzene rings is 1. The highest BCUT2D eigenvalue weighted by Gasteiger charge is 2.21. The first-order chi connectivity index (χ1) is 14.4. The van der Waals surface area contributed by atoms with Crippen molar-refractivity contribution in [1.29, 1.82) is 0 Å². The van der Waals surface area contributed by atoms with Crippen molar-refractivity contribution in [2.75, 3.05) is 14.1 Å². The molecule has 2 amide bonds. The molecule has 2 aromatic rings. The van der Waals surface area contributed by atoms with Crippen LogP contribution < -0.4 is 15.4 Å². The van der Waals surface area contributed by atoms with Gasteiger partial charge in [0.25, 0.3) is 0 Å². The van der Waals surface area contributed by atoms with E-state index >= 15 is 0 Å². The lowest BCUT2D eigenvalue weighted by Crippen LogP contribution is -2.35. The molecule has 1 aliphatic carbocycles. The van der Waals surface area contributed by atoms with Crippen molar-refractivity contribution in [3.63, 3.8) is 0 Å². The monoisotopic (exact) mass is 432 g/mol. The number of rotatable bonds is 8. The minimum Gasteiger partial charge on any atom is -0.474 e. The predicted octanol–water partition coefficient (Wildman–Crippen LogP) is 2.65. The van der Waals surface area contributed by atoms with E-state index in [2.05, 4.69) is 15.6 Å². The van der Waals surface area contributed by atoms with Crippen LogP contribution in [0.3, 0.4) is 0 Å². The highest BCUT2D eigenvalue weighted by Crippen LogP contribution is 2.25. The molecule has 0 atom stereocenters. The average Bonchev–Trinajstić information content (AvgIpc) is 3.25. The Bertz CT molecular complexity index is 972. The molecule has 0 unspecified atom stereocenters. The topological polar surface area (TPSA) is 101 Å². The van der Waals surface area contributed by atoms with Gasteiger partial charge in [0.1, 0.15) is 6.10 Å². The smallest absolute Gasteiger partial charge is 0.315 e. The van der Waals surface area contributed by atoms with Gasteiger partial charge in [-0.3, -0.25) is 0 Å². The zero-order valence-electron chi connectivity index (χ0n) is 17.3. The lowest BCUT2D eigenvalue weighted by atomic mass is 10.2. The number of carbonyl (C=O) groups is 1. The van der Waals surface area contributed by atoms with E-state index in [1.807, 2.05) is 6.07 Å². The number of nitrogens with one attached hydrogen (secondary N) is 2. The Labute approximate surface area is 177 Å². The highest BCUT2D eigenvalue weighted by molar-refractivity contribution is 7.89. The Morgan fingerprint density at radius 3 is 2.40 bits per heavy atom. The Hall–Kier alpha value is -2.65. The molecule has 2 N–H and O–H groups in total. The number of carbonyl (C=O) groups excluding carboxylic acids is 1. The number of hydrogen-bond acceptors (Lipinski definition) is 5. The highest BCUT2D eigenvalue weighted by atomic mass is 32.2. The van der Waals surface area contributed by atoms with Crippen molar-refractivity contribution in [2.24, 2.45) is 0 Å². The summed E-state index contributed by atoms with van der Waals surface area (Å²) in [4.78, 5) is 16.8. The summed E-state index contributed by atoms with van der Waals surface area (Å²) in [7, 11) is -0.636. The lowest BCUT2D eigenvalue weighted by molar-refractivity contribution is 0.198. The van der Waals surface area contributed by atoms with Crippen molar-refractivity contribution in [3.8, 4) is 5.88 Å². The fraction of sp³-hybridized carbons (Fsp3) is 0.429. The summed E-state index contributed by atoms with van der Waals surface area (Å²) in [5, 5.41) is 5.50.